The lowest BCUT2D eigenvalue weighted by Gasteiger charge is -2.25. The summed E-state index contributed by atoms with van der Waals surface area (Å²) in [7, 11) is -2.33. The molecule has 1 aliphatic heterocycles. The molecule has 0 aromatic heterocycles. The zero-order valence-electron chi connectivity index (χ0n) is 18.6. The predicted molar refractivity (Wildman–Crippen MR) is 137 cm³/mol. The van der Waals surface area contributed by atoms with Crippen LogP contribution in [0.15, 0.2) is 75.4 Å². The van der Waals surface area contributed by atoms with Gasteiger partial charge in [-0.25, -0.2) is 8.42 Å². The van der Waals surface area contributed by atoms with E-state index < -0.39 is 15.6 Å². The molecule has 0 amide bonds. The van der Waals surface area contributed by atoms with Gasteiger partial charge in [-0.3, -0.25) is 4.72 Å². The summed E-state index contributed by atoms with van der Waals surface area (Å²) in [5.74, 6) is 1.16. The monoisotopic (exact) mass is 538 g/mol. The molecule has 1 heterocycles. The van der Waals surface area contributed by atoms with Crippen LogP contribution >= 0.6 is 35.0 Å². The quantitative estimate of drug-likeness (QED) is 0.361. The van der Waals surface area contributed by atoms with Crippen molar-refractivity contribution in [1.82, 2.24) is 5.32 Å². The first-order valence-electron chi connectivity index (χ1n) is 10.5. The fourth-order valence-corrected chi connectivity index (χ4v) is 6.29. The van der Waals surface area contributed by atoms with Gasteiger partial charge in [-0.05, 0) is 62.0 Å². The maximum atomic E-state index is 13.1. The number of hydrogen-bond acceptors (Lipinski definition) is 6. The van der Waals surface area contributed by atoms with Crippen LogP contribution in [0.4, 0.5) is 5.69 Å². The van der Waals surface area contributed by atoms with E-state index in [1.807, 2.05) is 31.2 Å². The molecule has 1 atom stereocenters. The molecule has 1 saturated heterocycles. The van der Waals surface area contributed by atoms with E-state index in [1.165, 1.54) is 17.8 Å². The van der Waals surface area contributed by atoms with E-state index in [0.29, 0.717) is 23.0 Å². The molecule has 0 spiro atoms. The maximum Gasteiger partial charge on any atom is 0.263 e. The number of ether oxygens (including phenoxy) is 2. The normalized spacial score (nSPS) is 18.0. The minimum Gasteiger partial charge on any atom is -0.497 e. The van der Waals surface area contributed by atoms with Gasteiger partial charge < -0.3 is 14.8 Å². The van der Waals surface area contributed by atoms with E-state index in [2.05, 4.69) is 10.0 Å². The zero-order chi connectivity index (χ0) is 24.3. The molecule has 0 bridgehead atoms. The minimum atomic E-state index is -3.94. The van der Waals surface area contributed by atoms with Gasteiger partial charge in [0.15, 0.2) is 0 Å². The Labute approximate surface area is 214 Å². The highest BCUT2D eigenvalue weighted by molar-refractivity contribution is 7.99. The molecule has 3 aromatic rings. The number of methoxy groups -OCH3 is 1. The van der Waals surface area contributed by atoms with Gasteiger partial charge in [0.25, 0.3) is 10.0 Å². The van der Waals surface area contributed by atoms with Crippen molar-refractivity contribution in [2.75, 3.05) is 24.9 Å². The van der Waals surface area contributed by atoms with Crippen LogP contribution < -0.4 is 19.5 Å². The first-order valence-corrected chi connectivity index (χ1v) is 13.6. The first-order chi connectivity index (χ1) is 16.2. The van der Waals surface area contributed by atoms with Crippen molar-refractivity contribution >= 4 is 50.7 Å². The Hall–Kier alpha value is -2.10. The Morgan fingerprint density at radius 2 is 1.82 bits per heavy atom. The summed E-state index contributed by atoms with van der Waals surface area (Å²) in [6.45, 7) is 3.53. The molecule has 10 heteroatoms. The molecular formula is C24H24Cl2N2O4S2. The van der Waals surface area contributed by atoms with Gasteiger partial charge in [-0.1, -0.05) is 41.0 Å². The summed E-state index contributed by atoms with van der Waals surface area (Å²) >= 11 is 14.1. The predicted octanol–water partition coefficient (Wildman–Crippen LogP) is 6.08. The SMILES string of the molecule is COc1cccc(Sc2ccc(S(=O)(=O)Nc3ccc(Cl)c(O[C@]4(C)CCNC4)c3)c(Cl)c2)c1. The number of nitrogens with one attached hydrogen (secondary N) is 2. The fourth-order valence-electron chi connectivity index (χ4n) is 3.57. The van der Waals surface area contributed by atoms with E-state index >= 15 is 0 Å². The summed E-state index contributed by atoms with van der Waals surface area (Å²) in [6.07, 6.45) is 0.828. The van der Waals surface area contributed by atoms with Crippen molar-refractivity contribution in [2.24, 2.45) is 0 Å². The third-order valence-electron chi connectivity index (χ3n) is 5.34. The lowest BCUT2D eigenvalue weighted by atomic mass is 10.1. The standard InChI is InChI=1S/C24H24Cl2N2O4S2/c1-24(10-11-27-15-24)32-22-12-16(6-8-20(22)25)28-34(29,30)23-9-7-19(14-21(23)26)33-18-5-3-4-17(13-18)31-2/h3-9,12-14,27-28H,10-11,15H2,1-2H3/t24-/m1/s1. The Kier molecular flexibility index (Phi) is 7.54. The lowest BCUT2D eigenvalue weighted by molar-refractivity contribution is 0.111. The van der Waals surface area contributed by atoms with Gasteiger partial charge in [-0.2, -0.15) is 0 Å². The summed E-state index contributed by atoms with van der Waals surface area (Å²) in [5, 5.41) is 3.79. The van der Waals surface area contributed by atoms with Crippen LogP contribution in [0.1, 0.15) is 13.3 Å². The second-order valence-corrected chi connectivity index (χ2v) is 11.7. The highest BCUT2D eigenvalue weighted by Crippen LogP contribution is 2.36. The average molecular weight is 540 g/mol. The van der Waals surface area contributed by atoms with Crippen LogP contribution in [0.3, 0.4) is 0 Å². The van der Waals surface area contributed by atoms with Crippen LogP contribution in [0.25, 0.3) is 0 Å². The Bertz CT molecular complexity index is 1300. The van der Waals surface area contributed by atoms with E-state index in [1.54, 1.807) is 37.4 Å². The van der Waals surface area contributed by atoms with E-state index in [0.717, 1.165) is 28.5 Å². The zero-order valence-corrected chi connectivity index (χ0v) is 21.7. The van der Waals surface area contributed by atoms with E-state index in [4.69, 9.17) is 32.7 Å². The van der Waals surface area contributed by atoms with Crippen molar-refractivity contribution in [3.63, 3.8) is 0 Å². The molecule has 0 radical (unpaired) electrons. The van der Waals surface area contributed by atoms with Gasteiger partial charge >= 0.3 is 0 Å². The second kappa shape index (κ2) is 10.3. The number of hydrogen-bond donors (Lipinski definition) is 2. The Balaban J connectivity index is 1.52. The van der Waals surface area contributed by atoms with Gasteiger partial charge in [0.1, 0.15) is 22.0 Å². The van der Waals surface area contributed by atoms with Crippen molar-refractivity contribution in [1.29, 1.82) is 0 Å². The third-order valence-corrected chi connectivity index (χ3v) is 8.49. The average Bonchev–Trinajstić information content (AvgIpc) is 3.22. The van der Waals surface area contributed by atoms with E-state index in [-0.39, 0.29) is 9.92 Å². The van der Waals surface area contributed by atoms with Gasteiger partial charge in [-0.15, -0.1) is 0 Å². The van der Waals surface area contributed by atoms with Crippen LogP contribution in [0, 0.1) is 0 Å². The summed E-state index contributed by atoms with van der Waals surface area (Å²) in [5.41, 5.74) is -0.0689. The highest BCUT2D eigenvalue weighted by Gasteiger charge is 2.31. The molecule has 3 aromatic carbocycles. The molecule has 1 aliphatic rings. The van der Waals surface area contributed by atoms with E-state index in [9.17, 15) is 8.42 Å². The van der Waals surface area contributed by atoms with Crippen LogP contribution in [-0.4, -0.2) is 34.2 Å². The van der Waals surface area contributed by atoms with Crippen molar-refractivity contribution < 1.29 is 17.9 Å². The number of halogens is 2. The molecule has 2 N–H and O–H groups in total. The van der Waals surface area contributed by atoms with Gasteiger partial charge in [0.2, 0.25) is 0 Å². The molecule has 0 saturated carbocycles. The molecule has 4 rings (SSSR count). The topological polar surface area (TPSA) is 76.7 Å². The number of rotatable bonds is 8. The van der Waals surface area contributed by atoms with Gasteiger partial charge in [0.05, 0.1) is 22.8 Å². The van der Waals surface area contributed by atoms with Crippen LogP contribution in [-0.2, 0) is 10.0 Å². The highest BCUT2D eigenvalue weighted by atomic mass is 35.5. The largest absolute Gasteiger partial charge is 0.497 e. The summed E-state index contributed by atoms with van der Waals surface area (Å²) in [6, 6.07) is 17.2. The molecule has 1 fully saturated rings. The van der Waals surface area contributed by atoms with Crippen LogP contribution in [0.2, 0.25) is 10.0 Å². The molecule has 0 unspecified atom stereocenters. The third kappa shape index (κ3) is 5.93. The minimum absolute atomic E-state index is 0.0199. The van der Waals surface area contributed by atoms with Crippen molar-refractivity contribution in [2.45, 2.75) is 33.6 Å². The molecule has 6 nitrogen and oxygen atoms in total. The summed E-state index contributed by atoms with van der Waals surface area (Å²) in [4.78, 5) is 1.73. The number of benzene rings is 3. The number of anilines is 1. The first kappa shape index (κ1) is 25.0. The smallest absolute Gasteiger partial charge is 0.263 e. The lowest BCUT2D eigenvalue weighted by Crippen LogP contribution is -2.34. The maximum absolute atomic E-state index is 13.1. The van der Waals surface area contributed by atoms with Crippen molar-refractivity contribution in [3.05, 3.63) is 70.7 Å². The van der Waals surface area contributed by atoms with Gasteiger partial charge in [0, 0.05) is 28.8 Å². The molecular weight excluding hydrogens is 515 g/mol. The molecule has 34 heavy (non-hydrogen) atoms. The summed E-state index contributed by atoms with van der Waals surface area (Å²) < 4.78 is 40.1. The number of sulfonamides is 1. The molecule has 0 aliphatic carbocycles. The fraction of sp³-hybridized carbons (Fsp3) is 0.250. The van der Waals surface area contributed by atoms with Crippen LogP contribution in [0.5, 0.6) is 11.5 Å². The second-order valence-electron chi connectivity index (χ2n) is 8.10. The van der Waals surface area contributed by atoms with Crippen molar-refractivity contribution in [3.8, 4) is 11.5 Å². The Morgan fingerprint density at radius 3 is 2.53 bits per heavy atom. The molecule has 180 valence electrons. The Morgan fingerprint density at radius 1 is 1.03 bits per heavy atom.